The summed E-state index contributed by atoms with van der Waals surface area (Å²) in [7, 11) is 0. The number of aromatic nitrogens is 3. The average molecular weight is 517 g/mol. The summed E-state index contributed by atoms with van der Waals surface area (Å²) in [6.07, 6.45) is -0.363. The Morgan fingerprint density at radius 3 is 2.19 bits per heavy atom. The molecule has 0 radical (unpaired) electrons. The summed E-state index contributed by atoms with van der Waals surface area (Å²) in [5.74, 6) is -1.11. The van der Waals surface area contributed by atoms with Crippen LogP contribution in [0, 0.1) is 0 Å². The Bertz CT molecular complexity index is 1150. The van der Waals surface area contributed by atoms with Crippen LogP contribution in [0.1, 0.15) is 55.6 Å². The van der Waals surface area contributed by atoms with Crippen LogP contribution < -0.4 is 9.80 Å². The van der Waals surface area contributed by atoms with E-state index in [4.69, 9.17) is 0 Å². The van der Waals surface area contributed by atoms with Crippen molar-refractivity contribution < 1.29 is 22.8 Å². The molecule has 0 aliphatic carbocycles. The lowest BCUT2D eigenvalue weighted by Crippen LogP contribution is -2.47. The fourth-order valence-electron chi connectivity index (χ4n) is 4.27. The molecule has 1 aromatic heterocycles. The van der Waals surface area contributed by atoms with E-state index in [1.54, 1.807) is 48.8 Å². The zero-order chi connectivity index (χ0) is 26.8. The van der Waals surface area contributed by atoms with Crippen molar-refractivity contribution in [3.63, 3.8) is 0 Å². The lowest BCUT2D eigenvalue weighted by atomic mass is 9.96. The van der Waals surface area contributed by atoms with Gasteiger partial charge in [0.2, 0.25) is 17.7 Å². The van der Waals surface area contributed by atoms with Gasteiger partial charge in [0.05, 0.1) is 5.69 Å². The molecular weight excluding hydrogens is 485 g/mol. The molecule has 1 aromatic carbocycles. The van der Waals surface area contributed by atoms with Crippen LogP contribution in [0.4, 0.5) is 24.8 Å². The number of hydrogen-bond acceptors (Lipinski definition) is 7. The number of halogens is 3. The molecule has 0 N–H and O–H groups in total. The molecule has 1 amide bonds. The fourth-order valence-corrected chi connectivity index (χ4v) is 4.27. The van der Waals surface area contributed by atoms with Gasteiger partial charge in [0.25, 0.3) is 0 Å². The first-order chi connectivity index (χ1) is 17.4. The van der Waals surface area contributed by atoms with Crippen molar-refractivity contribution in [3.8, 4) is 0 Å². The van der Waals surface area contributed by atoms with Gasteiger partial charge in [-0.2, -0.15) is 23.1 Å². The molecule has 0 atom stereocenters. The van der Waals surface area contributed by atoms with Crippen LogP contribution in [0.25, 0.3) is 0 Å². The number of carbonyl (C=O) groups is 2. The van der Waals surface area contributed by atoms with E-state index in [2.05, 4.69) is 19.9 Å². The van der Waals surface area contributed by atoms with Gasteiger partial charge in [-0.25, -0.2) is 4.98 Å². The highest BCUT2D eigenvalue weighted by molar-refractivity contribution is 6.10. The third kappa shape index (κ3) is 6.33. The number of amides is 1. The van der Waals surface area contributed by atoms with Crippen molar-refractivity contribution in [2.75, 3.05) is 49.1 Å². The van der Waals surface area contributed by atoms with Gasteiger partial charge in [-0.05, 0) is 12.1 Å². The number of carbonyl (C=O) groups excluding carboxylic acids is 2. The number of nitrogens with zero attached hydrogens (tertiary/aromatic N) is 6. The predicted octanol–water partition coefficient (Wildman–Crippen LogP) is 3.88. The Balaban J connectivity index is 1.36. The summed E-state index contributed by atoms with van der Waals surface area (Å²) in [6.45, 7) is 8.53. The maximum atomic E-state index is 13.4. The van der Waals surface area contributed by atoms with Crippen LogP contribution in [-0.2, 0) is 16.4 Å². The quantitative estimate of drug-likeness (QED) is 0.558. The van der Waals surface area contributed by atoms with Gasteiger partial charge < -0.3 is 9.80 Å². The maximum Gasteiger partial charge on any atom is 0.451 e. The van der Waals surface area contributed by atoms with Crippen molar-refractivity contribution in [2.45, 2.75) is 45.2 Å². The van der Waals surface area contributed by atoms with Crippen LogP contribution in [0.3, 0.4) is 0 Å². The third-order valence-electron chi connectivity index (χ3n) is 6.38. The molecule has 1 fully saturated rings. The van der Waals surface area contributed by atoms with E-state index in [0.29, 0.717) is 50.5 Å². The van der Waals surface area contributed by atoms with Gasteiger partial charge >= 0.3 is 6.18 Å². The van der Waals surface area contributed by atoms with Gasteiger partial charge in [-0.15, -0.1) is 0 Å². The molecule has 198 valence electrons. The molecule has 8 nitrogen and oxygen atoms in total. The Morgan fingerprint density at radius 2 is 1.51 bits per heavy atom. The predicted molar refractivity (Wildman–Crippen MR) is 134 cm³/mol. The van der Waals surface area contributed by atoms with Gasteiger partial charge in [-0.3, -0.25) is 14.5 Å². The van der Waals surface area contributed by atoms with E-state index >= 15 is 0 Å². The second-order valence-corrected chi connectivity index (χ2v) is 10.2. The minimum Gasteiger partial charge on any atom is -0.338 e. The Kier molecular flexibility index (Phi) is 7.63. The van der Waals surface area contributed by atoms with E-state index in [0.717, 1.165) is 0 Å². The number of benzene rings is 1. The van der Waals surface area contributed by atoms with Crippen molar-refractivity contribution >= 4 is 23.3 Å². The van der Waals surface area contributed by atoms with E-state index in [9.17, 15) is 22.8 Å². The monoisotopic (exact) mass is 516 g/mol. The smallest absolute Gasteiger partial charge is 0.338 e. The average Bonchev–Trinajstić information content (AvgIpc) is 2.97. The highest BCUT2D eigenvalue weighted by Gasteiger charge is 2.38. The standard InChI is InChI=1S/C26H31F3N6O2/c1-25(2,3)22-30-23(26(27,28)29)32-24(31-22)34-16-14-33(15-17-34)12-6-7-13-35-19-9-5-4-8-18(19)20(36)10-11-21(35)37/h4-9H,10-17H2,1-3H3/b7-6+. The van der Waals surface area contributed by atoms with E-state index in [-0.39, 0.29) is 36.3 Å². The number of fused-ring (bicyclic) bond motifs is 1. The highest BCUT2D eigenvalue weighted by Crippen LogP contribution is 2.30. The van der Waals surface area contributed by atoms with Gasteiger partial charge in [0.1, 0.15) is 5.82 Å². The number of Topliss-reactive ketones (excluding diaryl/α,β-unsaturated/α-hetero) is 1. The Labute approximate surface area is 214 Å². The minimum atomic E-state index is -4.65. The number of hydrogen-bond donors (Lipinski definition) is 0. The molecule has 1 saturated heterocycles. The Morgan fingerprint density at radius 1 is 0.865 bits per heavy atom. The number of ketones is 1. The zero-order valence-electron chi connectivity index (χ0n) is 21.3. The van der Waals surface area contributed by atoms with Crippen LogP contribution in [0.15, 0.2) is 36.4 Å². The second kappa shape index (κ2) is 10.6. The Hall–Kier alpha value is -3.34. The summed E-state index contributed by atoms with van der Waals surface area (Å²) in [6, 6.07) is 7.15. The minimum absolute atomic E-state index is 0.0246. The summed E-state index contributed by atoms with van der Waals surface area (Å²) in [5.41, 5.74) is 0.560. The SMILES string of the molecule is CC(C)(C)c1nc(N2CCN(C/C=C/CN3C(=O)CCC(=O)c4ccccc43)CC2)nc(C(F)(F)F)n1. The molecule has 0 saturated carbocycles. The first-order valence-corrected chi connectivity index (χ1v) is 12.3. The molecule has 0 unspecified atom stereocenters. The normalized spacial score (nSPS) is 17.9. The third-order valence-corrected chi connectivity index (χ3v) is 6.38. The fraction of sp³-hybridized carbons (Fsp3) is 0.500. The lowest BCUT2D eigenvalue weighted by Gasteiger charge is -2.34. The first-order valence-electron chi connectivity index (χ1n) is 12.3. The lowest BCUT2D eigenvalue weighted by molar-refractivity contribution is -0.145. The summed E-state index contributed by atoms with van der Waals surface area (Å²) >= 11 is 0. The zero-order valence-corrected chi connectivity index (χ0v) is 21.3. The first kappa shape index (κ1) is 26.7. The molecule has 37 heavy (non-hydrogen) atoms. The van der Waals surface area contributed by atoms with E-state index in [1.807, 2.05) is 18.2 Å². The van der Waals surface area contributed by atoms with Gasteiger partial charge in [0.15, 0.2) is 5.78 Å². The topological polar surface area (TPSA) is 82.5 Å². The molecule has 2 aliphatic rings. The number of para-hydroxylation sites is 1. The van der Waals surface area contributed by atoms with Crippen LogP contribution >= 0.6 is 0 Å². The maximum absolute atomic E-state index is 13.4. The molecule has 0 spiro atoms. The van der Waals surface area contributed by atoms with Crippen molar-refractivity contribution in [3.05, 3.63) is 53.6 Å². The highest BCUT2D eigenvalue weighted by atomic mass is 19.4. The molecule has 11 heteroatoms. The molecule has 2 aliphatic heterocycles. The number of piperazine rings is 1. The number of rotatable bonds is 5. The van der Waals surface area contributed by atoms with Crippen molar-refractivity contribution in [2.24, 2.45) is 0 Å². The largest absolute Gasteiger partial charge is 0.451 e. The summed E-state index contributed by atoms with van der Waals surface area (Å²) in [4.78, 5) is 42.2. The van der Waals surface area contributed by atoms with Crippen molar-refractivity contribution in [1.29, 1.82) is 0 Å². The molecular formula is C26H31F3N6O2. The van der Waals surface area contributed by atoms with Gasteiger partial charge in [-0.1, -0.05) is 45.1 Å². The van der Waals surface area contributed by atoms with Gasteiger partial charge in [0, 0.05) is 63.1 Å². The van der Waals surface area contributed by atoms with E-state index in [1.165, 1.54) is 0 Å². The number of anilines is 2. The van der Waals surface area contributed by atoms with Crippen LogP contribution in [-0.4, -0.2) is 70.8 Å². The molecule has 0 bridgehead atoms. The summed E-state index contributed by atoms with van der Waals surface area (Å²) < 4.78 is 40.2. The second-order valence-electron chi connectivity index (χ2n) is 10.2. The summed E-state index contributed by atoms with van der Waals surface area (Å²) in [5, 5.41) is 0. The molecule has 3 heterocycles. The van der Waals surface area contributed by atoms with Crippen molar-refractivity contribution in [1.82, 2.24) is 19.9 Å². The molecule has 2 aromatic rings. The number of alkyl halides is 3. The van der Waals surface area contributed by atoms with Crippen LogP contribution in [0.2, 0.25) is 0 Å². The van der Waals surface area contributed by atoms with Crippen LogP contribution in [0.5, 0.6) is 0 Å². The molecule has 4 rings (SSSR count). The van der Waals surface area contributed by atoms with E-state index < -0.39 is 17.4 Å².